The van der Waals surface area contributed by atoms with Crippen molar-refractivity contribution in [3.63, 3.8) is 0 Å². The van der Waals surface area contributed by atoms with Crippen LogP contribution in [0.3, 0.4) is 0 Å². The van der Waals surface area contributed by atoms with Gasteiger partial charge in [0.15, 0.2) is 5.43 Å². The summed E-state index contributed by atoms with van der Waals surface area (Å²) in [7, 11) is 3.04. The second-order valence-electron chi connectivity index (χ2n) is 4.98. The van der Waals surface area contributed by atoms with E-state index in [2.05, 4.69) is 0 Å². The normalized spacial score (nSPS) is 10.6. The Kier molecular flexibility index (Phi) is 3.91. The molecule has 0 atom stereocenters. The highest BCUT2D eigenvalue weighted by Gasteiger charge is 2.15. The molecule has 0 aliphatic rings. The summed E-state index contributed by atoms with van der Waals surface area (Å²) in [5.41, 5.74) is 0.314. The molecule has 0 bridgehead atoms. The zero-order chi connectivity index (χ0) is 17.3. The van der Waals surface area contributed by atoms with Crippen LogP contribution in [0.1, 0.15) is 0 Å². The molecular weight excluding hydrogens is 314 g/mol. The average Bonchev–Trinajstić information content (AvgIpc) is 2.60. The van der Waals surface area contributed by atoms with Crippen LogP contribution in [0, 0.1) is 10.1 Å². The van der Waals surface area contributed by atoms with Gasteiger partial charge in [0.05, 0.1) is 30.1 Å². The molecule has 7 nitrogen and oxygen atoms in total. The van der Waals surface area contributed by atoms with Gasteiger partial charge < -0.3 is 13.9 Å². The molecule has 0 amide bonds. The molecule has 1 aromatic heterocycles. The molecule has 0 spiro atoms. The average molecular weight is 327 g/mol. The van der Waals surface area contributed by atoms with Gasteiger partial charge in [0, 0.05) is 24.3 Å². The van der Waals surface area contributed by atoms with E-state index < -0.39 is 4.92 Å². The summed E-state index contributed by atoms with van der Waals surface area (Å²) in [6, 6.07) is 10.3. The SMILES string of the molecule is COc1ccc(-c2cc(=O)c3cc([N+](=O)[O-])ccc3o2)c(OC)c1. The lowest BCUT2D eigenvalue weighted by atomic mass is 10.1. The van der Waals surface area contributed by atoms with E-state index in [1.54, 1.807) is 18.2 Å². The molecule has 0 saturated heterocycles. The minimum absolute atomic E-state index is 0.153. The fraction of sp³-hybridized carbons (Fsp3) is 0.118. The van der Waals surface area contributed by atoms with Crippen molar-refractivity contribution in [1.82, 2.24) is 0 Å². The third-order valence-electron chi connectivity index (χ3n) is 3.60. The molecule has 7 heteroatoms. The predicted molar refractivity (Wildman–Crippen MR) is 87.7 cm³/mol. The maximum Gasteiger partial charge on any atom is 0.270 e. The van der Waals surface area contributed by atoms with E-state index >= 15 is 0 Å². The summed E-state index contributed by atoms with van der Waals surface area (Å²) in [6.07, 6.45) is 0. The number of benzene rings is 2. The number of nitrogens with zero attached hydrogens (tertiary/aromatic N) is 1. The van der Waals surface area contributed by atoms with Crippen LogP contribution in [0.15, 0.2) is 51.7 Å². The van der Waals surface area contributed by atoms with E-state index in [1.165, 1.54) is 38.5 Å². The highest BCUT2D eigenvalue weighted by Crippen LogP contribution is 2.34. The van der Waals surface area contributed by atoms with Crippen LogP contribution in [-0.2, 0) is 0 Å². The van der Waals surface area contributed by atoms with Crippen molar-refractivity contribution < 1.29 is 18.8 Å². The van der Waals surface area contributed by atoms with Gasteiger partial charge in [-0.3, -0.25) is 14.9 Å². The Balaban J connectivity index is 2.20. The van der Waals surface area contributed by atoms with Gasteiger partial charge in [-0.2, -0.15) is 0 Å². The number of hydrogen-bond donors (Lipinski definition) is 0. The van der Waals surface area contributed by atoms with Crippen molar-refractivity contribution in [3.05, 3.63) is 62.8 Å². The maximum atomic E-state index is 12.3. The van der Waals surface area contributed by atoms with Gasteiger partial charge in [-0.15, -0.1) is 0 Å². The molecule has 1 heterocycles. The van der Waals surface area contributed by atoms with E-state index in [0.717, 1.165) is 0 Å². The number of methoxy groups -OCH3 is 2. The number of non-ortho nitro benzene ring substituents is 1. The van der Waals surface area contributed by atoms with E-state index in [1.807, 2.05) is 0 Å². The summed E-state index contributed by atoms with van der Waals surface area (Å²) in [6.45, 7) is 0. The van der Waals surface area contributed by atoms with Gasteiger partial charge in [-0.25, -0.2) is 0 Å². The van der Waals surface area contributed by atoms with Crippen molar-refractivity contribution in [2.75, 3.05) is 14.2 Å². The van der Waals surface area contributed by atoms with Crippen molar-refractivity contribution in [1.29, 1.82) is 0 Å². The summed E-state index contributed by atoms with van der Waals surface area (Å²) in [4.78, 5) is 22.6. The highest BCUT2D eigenvalue weighted by molar-refractivity contribution is 5.81. The van der Waals surface area contributed by atoms with Crippen LogP contribution < -0.4 is 14.9 Å². The van der Waals surface area contributed by atoms with Gasteiger partial charge in [0.2, 0.25) is 0 Å². The minimum atomic E-state index is -0.556. The van der Waals surface area contributed by atoms with E-state index in [4.69, 9.17) is 13.9 Å². The maximum absolute atomic E-state index is 12.3. The van der Waals surface area contributed by atoms with E-state index in [-0.39, 0.29) is 22.1 Å². The smallest absolute Gasteiger partial charge is 0.270 e. The Morgan fingerprint density at radius 1 is 1.04 bits per heavy atom. The summed E-state index contributed by atoms with van der Waals surface area (Å²) < 4.78 is 16.2. The molecule has 3 rings (SSSR count). The monoisotopic (exact) mass is 327 g/mol. The largest absolute Gasteiger partial charge is 0.497 e. The molecule has 0 N–H and O–H groups in total. The van der Waals surface area contributed by atoms with E-state index in [9.17, 15) is 14.9 Å². The Hall–Kier alpha value is -3.35. The molecule has 0 aliphatic carbocycles. The third kappa shape index (κ3) is 2.67. The first-order valence-electron chi connectivity index (χ1n) is 6.98. The summed E-state index contributed by atoms with van der Waals surface area (Å²) in [5.74, 6) is 1.40. The molecule has 0 saturated carbocycles. The first kappa shape index (κ1) is 15.5. The van der Waals surface area contributed by atoms with Crippen molar-refractivity contribution in [2.24, 2.45) is 0 Å². The second-order valence-corrected chi connectivity index (χ2v) is 4.98. The third-order valence-corrected chi connectivity index (χ3v) is 3.60. The van der Waals surface area contributed by atoms with Gasteiger partial charge in [0.25, 0.3) is 5.69 Å². The molecule has 0 unspecified atom stereocenters. The standard InChI is InChI=1S/C17H13NO6/c1-22-11-4-5-12(16(8-11)23-2)17-9-14(19)13-7-10(18(20)21)3-6-15(13)24-17/h3-9H,1-2H3. The molecule has 0 radical (unpaired) electrons. The predicted octanol–water partition coefficient (Wildman–Crippen LogP) is 3.39. The van der Waals surface area contributed by atoms with Crippen molar-refractivity contribution in [3.8, 4) is 22.8 Å². The van der Waals surface area contributed by atoms with Crippen LogP contribution in [0.4, 0.5) is 5.69 Å². The first-order valence-corrected chi connectivity index (χ1v) is 6.98. The Morgan fingerprint density at radius 2 is 1.83 bits per heavy atom. The van der Waals surface area contributed by atoms with Crippen LogP contribution >= 0.6 is 0 Å². The molecule has 122 valence electrons. The topological polar surface area (TPSA) is 91.8 Å². The quantitative estimate of drug-likeness (QED) is 0.539. The van der Waals surface area contributed by atoms with E-state index in [0.29, 0.717) is 22.8 Å². The van der Waals surface area contributed by atoms with Crippen LogP contribution in [0.2, 0.25) is 0 Å². The summed E-state index contributed by atoms with van der Waals surface area (Å²) in [5, 5.41) is 11.0. The number of nitro benzene ring substituents is 1. The number of nitro groups is 1. The molecule has 0 fully saturated rings. The number of fused-ring (bicyclic) bond motifs is 1. The Morgan fingerprint density at radius 3 is 2.50 bits per heavy atom. The zero-order valence-electron chi connectivity index (χ0n) is 12.9. The molecule has 0 aliphatic heterocycles. The zero-order valence-corrected chi connectivity index (χ0v) is 12.9. The van der Waals surface area contributed by atoms with Crippen LogP contribution in [0.5, 0.6) is 11.5 Å². The fourth-order valence-corrected chi connectivity index (χ4v) is 2.39. The highest BCUT2D eigenvalue weighted by atomic mass is 16.6. The van der Waals surface area contributed by atoms with Crippen LogP contribution in [0.25, 0.3) is 22.3 Å². The lowest BCUT2D eigenvalue weighted by Gasteiger charge is -2.10. The molecule has 3 aromatic rings. The van der Waals surface area contributed by atoms with Crippen molar-refractivity contribution in [2.45, 2.75) is 0 Å². The molecule has 24 heavy (non-hydrogen) atoms. The lowest BCUT2D eigenvalue weighted by Crippen LogP contribution is -2.02. The molecular formula is C17H13NO6. The minimum Gasteiger partial charge on any atom is -0.497 e. The first-order chi connectivity index (χ1) is 11.5. The lowest BCUT2D eigenvalue weighted by molar-refractivity contribution is -0.384. The number of rotatable bonds is 4. The Labute approximate surface area is 136 Å². The van der Waals surface area contributed by atoms with Crippen LogP contribution in [-0.4, -0.2) is 19.1 Å². The fourth-order valence-electron chi connectivity index (χ4n) is 2.39. The number of hydrogen-bond acceptors (Lipinski definition) is 6. The number of ether oxygens (including phenoxy) is 2. The van der Waals surface area contributed by atoms with Gasteiger partial charge in [-0.1, -0.05) is 0 Å². The molecule has 2 aromatic carbocycles. The van der Waals surface area contributed by atoms with Gasteiger partial charge in [-0.05, 0) is 18.2 Å². The van der Waals surface area contributed by atoms with Gasteiger partial charge in [0.1, 0.15) is 22.8 Å². The second kappa shape index (κ2) is 6.04. The van der Waals surface area contributed by atoms with Gasteiger partial charge >= 0.3 is 0 Å². The summed E-state index contributed by atoms with van der Waals surface area (Å²) >= 11 is 0. The Bertz CT molecular complexity index is 992. The van der Waals surface area contributed by atoms with Crippen molar-refractivity contribution >= 4 is 16.7 Å².